The van der Waals surface area contributed by atoms with Gasteiger partial charge in [-0.3, -0.25) is 0 Å². The molecule has 0 unspecified atom stereocenters. The molecule has 0 amide bonds. The average Bonchev–Trinajstić information content (AvgIpc) is 2.90. The summed E-state index contributed by atoms with van der Waals surface area (Å²) < 4.78 is 30.0. The van der Waals surface area contributed by atoms with E-state index in [-0.39, 0.29) is 6.54 Å². The molecule has 0 aliphatic carbocycles. The molecule has 0 fully saturated rings. The Morgan fingerprint density at radius 3 is 2.38 bits per heavy atom. The van der Waals surface area contributed by atoms with Crippen LogP contribution in [0.25, 0.3) is 5.69 Å². The lowest BCUT2D eigenvalue weighted by atomic mass is 10.2. The molecular formula is C20H23N3O2S. The van der Waals surface area contributed by atoms with E-state index >= 15 is 0 Å². The number of benzene rings is 2. The fourth-order valence-corrected chi connectivity index (χ4v) is 4.32. The third kappa shape index (κ3) is 3.57. The lowest BCUT2D eigenvalue weighted by molar-refractivity contribution is 0.580. The van der Waals surface area contributed by atoms with Gasteiger partial charge < -0.3 is 0 Å². The molecule has 136 valence electrons. The fourth-order valence-electron chi connectivity index (χ4n) is 2.99. The van der Waals surface area contributed by atoms with Crippen LogP contribution in [0, 0.1) is 27.7 Å². The molecule has 0 saturated heterocycles. The van der Waals surface area contributed by atoms with Crippen LogP contribution >= 0.6 is 0 Å². The Labute approximate surface area is 154 Å². The standard InChI is InChI=1S/C20H23N3O2S/c1-14-10-11-15(2)20(12-14)26(24,25)21-13-19-16(3)22-23(17(19)4)18-8-6-5-7-9-18/h5-12,21H,13H2,1-4H3. The van der Waals surface area contributed by atoms with Crippen LogP contribution in [-0.4, -0.2) is 18.2 Å². The van der Waals surface area contributed by atoms with Crippen molar-refractivity contribution >= 4 is 10.0 Å². The van der Waals surface area contributed by atoms with Crippen molar-refractivity contribution in [1.82, 2.24) is 14.5 Å². The molecule has 0 aliphatic heterocycles. The van der Waals surface area contributed by atoms with Crippen LogP contribution in [0.5, 0.6) is 0 Å². The predicted octanol–water partition coefficient (Wildman–Crippen LogP) is 3.58. The van der Waals surface area contributed by atoms with E-state index in [1.54, 1.807) is 13.0 Å². The zero-order valence-electron chi connectivity index (χ0n) is 15.4. The van der Waals surface area contributed by atoms with Crippen molar-refractivity contribution in [2.75, 3.05) is 0 Å². The Kier molecular flexibility index (Phi) is 4.98. The third-order valence-corrected chi connectivity index (χ3v) is 6.06. The molecular weight excluding hydrogens is 346 g/mol. The zero-order valence-corrected chi connectivity index (χ0v) is 16.3. The molecule has 0 radical (unpaired) electrons. The predicted molar refractivity (Wildman–Crippen MR) is 103 cm³/mol. The van der Waals surface area contributed by atoms with Crippen LogP contribution in [0.3, 0.4) is 0 Å². The molecule has 6 heteroatoms. The summed E-state index contributed by atoms with van der Waals surface area (Å²) in [6.07, 6.45) is 0. The molecule has 0 atom stereocenters. The number of hydrogen-bond donors (Lipinski definition) is 1. The highest BCUT2D eigenvalue weighted by atomic mass is 32.2. The molecule has 5 nitrogen and oxygen atoms in total. The van der Waals surface area contributed by atoms with Crippen molar-refractivity contribution < 1.29 is 8.42 Å². The van der Waals surface area contributed by atoms with Crippen LogP contribution in [0.15, 0.2) is 53.4 Å². The van der Waals surface area contributed by atoms with E-state index < -0.39 is 10.0 Å². The van der Waals surface area contributed by atoms with Crippen molar-refractivity contribution in [2.45, 2.75) is 39.1 Å². The Hall–Kier alpha value is -2.44. The quantitative estimate of drug-likeness (QED) is 0.748. The number of nitrogens with one attached hydrogen (secondary N) is 1. The van der Waals surface area contributed by atoms with Gasteiger partial charge in [-0.25, -0.2) is 17.8 Å². The van der Waals surface area contributed by atoms with Crippen LogP contribution < -0.4 is 4.72 Å². The molecule has 1 aromatic heterocycles. The summed E-state index contributed by atoms with van der Waals surface area (Å²) in [5.41, 5.74) is 5.24. The van der Waals surface area contributed by atoms with Gasteiger partial charge in [-0.2, -0.15) is 5.10 Å². The number of aromatic nitrogens is 2. The van der Waals surface area contributed by atoms with Gasteiger partial charge in [0.1, 0.15) is 0 Å². The minimum absolute atomic E-state index is 0.209. The van der Waals surface area contributed by atoms with Crippen LogP contribution in [0.1, 0.15) is 28.1 Å². The number of rotatable bonds is 5. The van der Waals surface area contributed by atoms with Crippen LogP contribution in [0.4, 0.5) is 0 Å². The zero-order chi connectivity index (χ0) is 18.9. The lowest BCUT2D eigenvalue weighted by Crippen LogP contribution is -2.24. The van der Waals surface area contributed by atoms with Gasteiger partial charge in [0.25, 0.3) is 0 Å². The number of hydrogen-bond acceptors (Lipinski definition) is 3. The van der Waals surface area contributed by atoms with Crippen molar-refractivity contribution in [3.05, 3.63) is 76.6 Å². The Bertz CT molecular complexity index is 1040. The highest BCUT2D eigenvalue weighted by Crippen LogP contribution is 2.20. The van der Waals surface area contributed by atoms with Gasteiger partial charge in [0.2, 0.25) is 10.0 Å². The van der Waals surface area contributed by atoms with Crippen molar-refractivity contribution in [1.29, 1.82) is 0 Å². The topological polar surface area (TPSA) is 64.0 Å². The van der Waals surface area contributed by atoms with Gasteiger partial charge in [-0.15, -0.1) is 0 Å². The van der Waals surface area contributed by atoms with Crippen LogP contribution in [-0.2, 0) is 16.6 Å². The van der Waals surface area contributed by atoms with Gasteiger partial charge in [-0.1, -0.05) is 30.3 Å². The number of para-hydroxylation sites is 1. The fraction of sp³-hybridized carbons (Fsp3) is 0.250. The average molecular weight is 369 g/mol. The minimum Gasteiger partial charge on any atom is -0.238 e. The maximum Gasteiger partial charge on any atom is 0.241 e. The van der Waals surface area contributed by atoms with E-state index in [4.69, 9.17) is 0 Å². The van der Waals surface area contributed by atoms with Crippen molar-refractivity contribution in [3.63, 3.8) is 0 Å². The number of nitrogens with zero attached hydrogens (tertiary/aromatic N) is 2. The van der Waals surface area contributed by atoms with E-state index in [9.17, 15) is 8.42 Å². The first kappa shape index (κ1) is 18.4. The molecule has 1 N–H and O–H groups in total. The van der Waals surface area contributed by atoms with E-state index in [0.717, 1.165) is 33.8 Å². The Morgan fingerprint density at radius 2 is 1.69 bits per heavy atom. The number of aryl methyl sites for hydroxylation is 3. The van der Waals surface area contributed by atoms with Gasteiger partial charge >= 0.3 is 0 Å². The largest absolute Gasteiger partial charge is 0.241 e. The molecule has 3 rings (SSSR count). The molecule has 0 spiro atoms. The molecule has 2 aromatic carbocycles. The van der Waals surface area contributed by atoms with Crippen molar-refractivity contribution in [3.8, 4) is 5.69 Å². The Balaban J connectivity index is 1.88. The lowest BCUT2D eigenvalue weighted by Gasteiger charge is -2.11. The van der Waals surface area contributed by atoms with E-state index in [0.29, 0.717) is 4.90 Å². The second-order valence-electron chi connectivity index (χ2n) is 6.49. The van der Waals surface area contributed by atoms with Gasteiger partial charge in [0.05, 0.1) is 16.3 Å². The highest BCUT2D eigenvalue weighted by molar-refractivity contribution is 7.89. The summed E-state index contributed by atoms with van der Waals surface area (Å²) in [6.45, 7) is 7.75. The second kappa shape index (κ2) is 7.05. The SMILES string of the molecule is Cc1ccc(C)c(S(=O)(=O)NCc2c(C)nn(-c3ccccc3)c2C)c1. The monoisotopic (exact) mass is 369 g/mol. The minimum atomic E-state index is -3.59. The van der Waals surface area contributed by atoms with Gasteiger partial charge in [-0.05, 0) is 57.0 Å². The normalized spacial score (nSPS) is 11.7. The summed E-state index contributed by atoms with van der Waals surface area (Å²) in [6, 6.07) is 15.2. The molecule has 0 saturated carbocycles. The molecule has 0 aliphatic rings. The maximum atomic E-state index is 12.7. The molecule has 3 aromatic rings. The molecule has 0 bridgehead atoms. The maximum absolute atomic E-state index is 12.7. The van der Waals surface area contributed by atoms with Crippen molar-refractivity contribution in [2.24, 2.45) is 0 Å². The van der Waals surface area contributed by atoms with E-state index in [2.05, 4.69) is 9.82 Å². The molecule has 1 heterocycles. The smallest absolute Gasteiger partial charge is 0.238 e. The first-order valence-corrected chi connectivity index (χ1v) is 9.95. The van der Waals surface area contributed by atoms with E-state index in [1.807, 2.05) is 67.9 Å². The van der Waals surface area contributed by atoms with Gasteiger partial charge in [0, 0.05) is 17.8 Å². The number of sulfonamides is 1. The van der Waals surface area contributed by atoms with Gasteiger partial charge in [0.15, 0.2) is 0 Å². The van der Waals surface area contributed by atoms with E-state index in [1.165, 1.54) is 0 Å². The molecule has 26 heavy (non-hydrogen) atoms. The summed E-state index contributed by atoms with van der Waals surface area (Å²) >= 11 is 0. The second-order valence-corrected chi connectivity index (χ2v) is 8.23. The third-order valence-electron chi connectivity index (χ3n) is 4.51. The summed E-state index contributed by atoms with van der Waals surface area (Å²) in [4.78, 5) is 0.322. The highest BCUT2D eigenvalue weighted by Gasteiger charge is 2.19. The van der Waals surface area contributed by atoms with Crippen LogP contribution in [0.2, 0.25) is 0 Å². The Morgan fingerprint density at radius 1 is 1.00 bits per heavy atom. The summed E-state index contributed by atoms with van der Waals surface area (Å²) in [5, 5.41) is 4.57. The summed E-state index contributed by atoms with van der Waals surface area (Å²) in [7, 11) is -3.59. The first-order valence-electron chi connectivity index (χ1n) is 8.47. The summed E-state index contributed by atoms with van der Waals surface area (Å²) in [5.74, 6) is 0. The first-order chi connectivity index (χ1) is 12.3.